The Morgan fingerprint density at radius 1 is 1.18 bits per heavy atom. The van der Waals surface area contributed by atoms with E-state index in [1.165, 1.54) is 0 Å². The SMILES string of the molecule is Cc1cccc(NC(=O)NCc2ccc(S(C)=O)cc2)c1Cl. The van der Waals surface area contributed by atoms with Crippen LogP contribution in [0.3, 0.4) is 0 Å². The molecule has 116 valence electrons. The number of amides is 2. The molecule has 0 fully saturated rings. The van der Waals surface area contributed by atoms with Crippen molar-refractivity contribution >= 4 is 34.1 Å². The minimum Gasteiger partial charge on any atom is -0.334 e. The molecule has 0 aliphatic rings. The molecular formula is C16H17ClN2O2S. The fourth-order valence-electron chi connectivity index (χ4n) is 1.89. The maximum Gasteiger partial charge on any atom is 0.319 e. The van der Waals surface area contributed by atoms with Crippen LogP contribution in [-0.2, 0) is 17.3 Å². The van der Waals surface area contributed by atoms with Gasteiger partial charge in [0.05, 0.1) is 10.7 Å². The Morgan fingerprint density at radius 3 is 2.50 bits per heavy atom. The van der Waals surface area contributed by atoms with E-state index in [9.17, 15) is 9.00 Å². The molecule has 0 aliphatic carbocycles. The second kappa shape index (κ2) is 7.42. The first kappa shape index (κ1) is 16.5. The number of nitrogens with one attached hydrogen (secondary N) is 2. The van der Waals surface area contributed by atoms with Gasteiger partial charge in [-0.05, 0) is 36.2 Å². The number of benzene rings is 2. The first-order valence-electron chi connectivity index (χ1n) is 6.69. The van der Waals surface area contributed by atoms with Gasteiger partial charge in [0, 0.05) is 28.5 Å². The van der Waals surface area contributed by atoms with E-state index in [4.69, 9.17) is 11.6 Å². The summed E-state index contributed by atoms with van der Waals surface area (Å²) >= 11 is 6.13. The molecule has 6 heteroatoms. The van der Waals surface area contributed by atoms with Crippen LogP contribution in [0.4, 0.5) is 10.5 Å². The molecule has 4 nitrogen and oxygen atoms in total. The third-order valence-electron chi connectivity index (χ3n) is 3.15. The minimum absolute atomic E-state index is 0.323. The fraction of sp³-hybridized carbons (Fsp3) is 0.188. The van der Waals surface area contributed by atoms with Gasteiger partial charge in [0.2, 0.25) is 0 Å². The Morgan fingerprint density at radius 2 is 1.86 bits per heavy atom. The number of hydrogen-bond donors (Lipinski definition) is 2. The molecule has 0 heterocycles. The predicted molar refractivity (Wildman–Crippen MR) is 90.8 cm³/mol. The van der Waals surface area contributed by atoms with Gasteiger partial charge in [0.25, 0.3) is 0 Å². The predicted octanol–water partition coefficient (Wildman–Crippen LogP) is 3.71. The lowest BCUT2D eigenvalue weighted by atomic mass is 10.2. The first-order chi connectivity index (χ1) is 10.5. The van der Waals surface area contributed by atoms with Crippen molar-refractivity contribution in [1.82, 2.24) is 5.32 Å². The number of carbonyl (C=O) groups excluding carboxylic acids is 1. The van der Waals surface area contributed by atoms with Crippen LogP contribution in [0.1, 0.15) is 11.1 Å². The van der Waals surface area contributed by atoms with Gasteiger partial charge in [-0.25, -0.2) is 4.79 Å². The van der Waals surface area contributed by atoms with E-state index in [-0.39, 0.29) is 6.03 Å². The van der Waals surface area contributed by atoms with Gasteiger partial charge in [-0.1, -0.05) is 35.9 Å². The maximum atomic E-state index is 11.9. The van der Waals surface area contributed by atoms with Gasteiger partial charge in [0.1, 0.15) is 0 Å². The summed E-state index contributed by atoms with van der Waals surface area (Å²) in [6.45, 7) is 2.26. The highest BCUT2D eigenvalue weighted by atomic mass is 35.5. The third kappa shape index (κ3) is 4.32. The van der Waals surface area contributed by atoms with Crippen LogP contribution in [0.2, 0.25) is 5.02 Å². The van der Waals surface area contributed by atoms with Gasteiger partial charge in [0.15, 0.2) is 0 Å². The maximum absolute atomic E-state index is 11.9. The van der Waals surface area contributed by atoms with E-state index in [0.29, 0.717) is 17.3 Å². The van der Waals surface area contributed by atoms with Crippen molar-refractivity contribution < 1.29 is 9.00 Å². The molecule has 0 saturated heterocycles. The molecule has 0 bridgehead atoms. The zero-order chi connectivity index (χ0) is 16.1. The molecule has 0 spiro atoms. The first-order valence-corrected chi connectivity index (χ1v) is 8.63. The van der Waals surface area contributed by atoms with Gasteiger partial charge < -0.3 is 10.6 Å². The van der Waals surface area contributed by atoms with Gasteiger partial charge in [-0.3, -0.25) is 4.21 Å². The molecule has 0 aliphatic heterocycles. The van der Waals surface area contributed by atoms with Crippen LogP contribution >= 0.6 is 11.6 Å². The highest BCUT2D eigenvalue weighted by Crippen LogP contribution is 2.24. The van der Waals surface area contributed by atoms with Crippen LogP contribution in [0, 0.1) is 6.92 Å². The van der Waals surface area contributed by atoms with Crippen molar-refractivity contribution in [2.24, 2.45) is 0 Å². The average molecular weight is 337 g/mol. The number of hydrogen-bond acceptors (Lipinski definition) is 2. The molecule has 2 aromatic carbocycles. The number of urea groups is 1. The summed E-state index contributed by atoms with van der Waals surface area (Å²) in [4.78, 5) is 12.7. The Bertz CT molecular complexity index is 702. The Labute approximate surface area is 137 Å². The number of halogens is 1. The zero-order valence-electron chi connectivity index (χ0n) is 12.4. The normalized spacial score (nSPS) is 11.8. The number of rotatable bonds is 4. The summed E-state index contributed by atoms with van der Waals surface area (Å²) in [5.74, 6) is 0. The highest BCUT2D eigenvalue weighted by molar-refractivity contribution is 7.84. The van der Waals surface area contributed by atoms with Crippen LogP contribution in [-0.4, -0.2) is 16.5 Å². The molecule has 2 N–H and O–H groups in total. The number of aryl methyl sites for hydroxylation is 1. The van der Waals surface area contributed by atoms with E-state index < -0.39 is 10.8 Å². The summed E-state index contributed by atoms with van der Waals surface area (Å²) in [5.41, 5.74) is 2.42. The Kier molecular flexibility index (Phi) is 5.57. The lowest BCUT2D eigenvalue weighted by Crippen LogP contribution is -2.28. The van der Waals surface area contributed by atoms with Crippen molar-refractivity contribution in [1.29, 1.82) is 0 Å². The molecule has 1 unspecified atom stereocenters. The minimum atomic E-state index is -0.996. The molecule has 2 rings (SSSR count). The summed E-state index contributed by atoms with van der Waals surface area (Å²) in [5, 5.41) is 6.01. The summed E-state index contributed by atoms with van der Waals surface area (Å²) < 4.78 is 11.3. The highest BCUT2D eigenvalue weighted by Gasteiger charge is 2.07. The third-order valence-corrected chi connectivity index (χ3v) is 4.59. The molecule has 0 aromatic heterocycles. The summed E-state index contributed by atoms with van der Waals surface area (Å²) in [7, 11) is -0.996. The van der Waals surface area contributed by atoms with Gasteiger partial charge >= 0.3 is 6.03 Å². The Balaban J connectivity index is 1.92. The molecule has 2 amide bonds. The zero-order valence-corrected chi connectivity index (χ0v) is 13.9. The van der Waals surface area contributed by atoms with Crippen molar-refractivity contribution in [2.75, 3.05) is 11.6 Å². The molecule has 2 aromatic rings. The molecule has 0 saturated carbocycles. The van der Waals surface area contributed by atoms with E-state index in [0.717, 1.165) is 16.0 Å². The summed E-state index contributed by atoms with van der Waals surface area (Å²) in [6, 6.07) is 12.4. The second-order valence-electron chi connectivity index (χ2n) is 4.84. The smallest absolute Gasteiger partial charge is 0.319 e. The van der Waals surface area contributed by atoms with Crippen LogP contribution < -0.4 is 10.6 Å². The average Bonchev–Trinajstić information content (AvgIpc) is 2.50. The van der Waals surface area contributed by atoms with Gasteiger partial charge in [-0.2, -0.15) is 0 Å². The lowest BCUT2D eigenvalue weighted by Gasteiger charge is -2.10. The van der Waals surface area contributed by atoms with Gasteiger partial charge in [-0.15, -0.1) is 0 Å². The van der Waals surface area contributed by atoms with Crippen LogP contribution in [0.25, 0.3) is 0 Å². The quantitative estimate of drug-likeness (QED) is 0.894. The molecular weight excluding hydrogens is 320 g/mol. The van der Waals surface area contributed by atoms with Crippen molar-refractivity contribution in [3.8, 4) is 0 Å². The van der Waals surface area contributed by atoms with E-state index in [1.807, 2.05) is 31.2 Å². The largest absolute Gasteiger partial charge is 0.334 e. The number of anilines is 1. The van der Waals surface area contributed by atoms with Crippen molar-refractivity contribution in [2.45, 2.75) is 18.4 Å². The van der Waals surface area contributed by atoms with Crippen LogP contribution in [0.15, 0.2) is 47.4 Å². The lowest BCUT2D eigenvalue weighted by molar-refractivity contribution is 0.251. The summed E-state index contributed by atoms with van der Waals surface area (Å²) in [6.07, 6.45) is 1.63. The topological polar surface area (TPSA) is 58.2 Å². The monoisotopic (exact) mass is 336 g/mol. The van der Waals surface area contributed by atoms with E-state index >= 15 is 0 Å². The van der Waals surface area contributed by atoms with Crippen LogP contribution in [0.5, 0.6) is 0 Å². The standard InChI is InChI=1S/C16H17ClN2O2S/c1-11-4-3-5-14(15(11)17)19-16(20)18-10-12-6-8-13(9-7-12)22(2)21/h3-9H,10H2,1-2H3,(H2,18,19,20). The molecule has 22 heavy (non-hydrogen) atoms. The Hall–Kier alpha value is -1.85. The van der Waals surface area contributed by atoms with E-state index in [1.54, 1.807) is 24.5 Å². The molecule has 0 radical (unpaired) electrons. The molecule has 1 atom stereocenters. The van der Waals surface area contributed by atoms with E-state index in [2.05, 4.69) is 10.6 Å². The fourth-order valence-corrected chi connectivity index (χ4v) is 2.58. The number of carbonyl (C=O) groups is 1. The van der Waals surface area contributed by atoms with Crippen molar-refractivity contribution in [3.63, 3.8) is 0 Å². The second-order valence-corrected chi connectivity index (χ2v) is 6.60. The van der Waals surface area contributed by atoms with Crippen molar-refractivity contribution in [3.05, 3.63) is 58.6 Å².